The number of nitrogens with zero attached hydrogens (tertiary/aromatic N) is 2. The third-order valence-electron chi connectivity index (χ3n) is 5.06. The predicted octanol–water partition coefficient (Wildman–Crippen LogP) is 6.29. The molecule has 1 aromatic heterocycles. The Balaban J connectivity index is 1.47. The molecule has 0 aliphatic rings. The van der Waals surface area contributed by atoms with E-state index >= 15 is 0 Å². The average Bonchev–Trinajstić information content (AvgIpc) is 3.27. The molecule has 0 atom stereocenters. The standard InChI is InChI=1S/C26H22Cl2N4O3/c1-2-32-15-22(24(31-32)26(34)29-20-9-4-3-5-10-20)30-25(33)18-8-6-7-17(13-18)16-35-23-12-11-19(27)14-21(23)28/h3-15H,2,16H2,1H3,(H,29,34)(H,30,33). The Kier molecular flexibility index (Phi) is 7.70. The van der Waals surface area contributed by atoms with E-state index in [1.54, 1.807) is 59.4 Å². The second-order valence-corrected chi connectivity index (χ2v) is 8.43. The number of nitrogens with one attached hydrogen (secondary N) is 2. The van der Waals surface area contributed by atoms with Crippen molar-refractivity contribution in [1.29, 1.82) is 0 Å². The fraction of sp³-hybridized carbons (Fsp3) is 0.115. The van der Waals surface area contributed by atoms with Gasteiger partial charge in [0, 0.05) is 29.0 Å². The number of amides is 2. The molecular formula is C26H22Cl2N4O3. The quantitative estimate of drug-likeness (QED) is 0.292. The lowest BCUT2D eigenvalue weighted by molar-refractivity contribution is 0.102. The molecule has 0 bridgehead atoms. The van der Waals surface area contributed by atoms with Crippen molar-refractivity contribution in [2.45, 2.75) is 20.1 Å². The summed E-state index contributed by atoms with van der Waals surface area (Å²) in [5, 5.41) is 10.8. The van der Waals surface area contributed by atoms with E-state index in [-0.39, 0.29) is 18.2 Å². The summed E-state index contributed by atoms with van der Waals surface area (Å²) in [6.07, 6.45) is 1.63. The Morgan fingerprint density at radius 1 is 0.943 bits per heavy atom. The van der Waals surface area contributed by atoms with Gasteiger partial charge in [0.15, 0.2) is 5.69 Å². The number of hydrogen-bond acceptors (Lipinski definition) is 4. The monoisotopic (exact) mass is 508 g/mol. The first kappa shape index (κ1) is 24.3. The van der Waals surface area contributed by atoms with Gasteiger partial charge < -0.3 is 15.4 Å². The van der Waals surface area contributed by atoms with Gasteiger partial charge >= 0.3 is 0 Å². The predicted molar refractivity (Wildman–Crippen MR) is 137 cm³/mol. The first-order valence-electron chi connectivity index (χ1n) is 10.8. The number of rotatable bonds is 8. The van der Waals surface area contributed by atoms with Crippen LogP contribution in [-0.2, 0) is 13.2 Å². The summed E-state index contributed by atoms with van der Waals surface area (Å²) in [7, 11) is 0. The molecule has 0 unspecified atom stereocenters. The van der Waals surface area contributed by atoms with Crippen LogP contribution in [0, 0.1) is 0 Å². The van der Waals surface area contributed by atoms with E-state index in [1.807, 2.05) is 31.2 Å². The maximum absolute atomic E-state index is 13.0. The van der Waals surface area contributed by atoms with Crippen molar-refractivity contribution >= 4 is 46.4 Å². The molecule has 0 aliphatic heterocycles. The van der Waals surface area contributed by atoms with Crippen molar-refractivity contribution in [2.75, 3.05) is 10.6 Å². The van der Waals surface area contributed by atoms with Crippen LogP contribution in [0.2, 0.25) is 10.0 Å². The molecule has 1 heterocycles. The van der Waals surface area contributed by atoms with Gasteiger partial charge in [-0.1, -0.05) is 53.5 Å². The SMILES string of the molecule is CCn1cc(NC(=O)c2cccc(COc3ccc(Cl)cc3Cl)c2)c(C(=O)Nc2ccccc2)n1. The Morgan fingerprint density at radius 3 is 2.49 bits per heavy atom. The number of hydrogen-bond donors (Lipinski definition) is 2. The highest BCUT2D eigenvalue weighted by atomic mass is 35.5. The number of carbonyl (C=O) groups excluding carboxylic acids is 2. The minimum atomic E-state index is -0.416. The van der Waals surface area contributed by atoms with Crippen LogP contribution >= 0.6 is 23.2 Å². The van der Waals surface area contributed by atoms with Crippen LogP contribution in [0.25, 0.3) is 0 Å². The molecule has 4 aromatic rings. The van der Waals surface area contributed by atoms with Gasteiger partial charge in [-0.2, -0.15) is 5.10 Å². The maximum Gasteiger partial charge on any atom is 0.278 e. The van der Waals surface area contributed by atoms with Crippen molar-refractivity contribution in [2.24, 2.45) is 0 Å². The number of aromatic nitrogens is 2. The van der Waals surface area contributed by atoms with Gasteiger partial charge in [0.25, 0.3) is 11.8 Å². The Morgan fingerprint density at radius 2 is 1.74 bits per heavy atom. The van der Waals surface area contributed by atoms with Crippen molar-refractivity contribution in [3.05, 3.63) is 106 Å². The topological polar surface area (TPSA) is 85.2 Å². The lowest BCUT2D eigenvalue weighted by Gasteiger charge is -2.10. The van der Waals surface area contributed by atoms with Crippen LogP contribution in [-0.4, -0.2) is 21.6 Å². The first-order valence-corrected chi connectivity index (χ1v) is 11.6. The summed E-state index contributed by atoms with van der Waals surface area (Å²) >= 11 is 12.1. The molecule has 0 radical (unpaired) electrons. The molecular weight excluding hydrogens is 487 g/mol. The summed E-state index contributed by atoms with van der Waals surface area (Å²) in [6, 6.07) is 21.0. The summed E-state index contributed by atoms with van der Waals surface area (Å²) in [6.45, 7) is 2.65. The molecule has 0 saturated carbocycles. The van der Waals surface area contributed by atoms with Crippen LogP contribution < -0.4 is 15.4 Å². The number of para-hydroxylation sites is 1. The summed E-state index contributed by atoms with van der Waals surface area (Å²) in [5.74, 6) is -0.298. The van der Waals surface area contributed by atoms with E-state index in [0.717, 1.165) is 5.56 Å². The third kappa shape index (κ3) is 6.20. The molecule has 0 fully saturated rings. The number of anilines is 2. The number of ether oxygens (including phenoxy) is 1. The van der Waals surface area contributed by atoms with E-state index < -0.39 is 5.91 Å². The molecule has 9 heteroatoms. The van der Waals surface area contributed by atoms with Crippen molar-refractivity contribution < 1.29 is 14.3 Å². The van der Waals surface area contributed by atoms with E-state index in [4.69, 9.17) is 27.9 Å². The van der Waals surface area contributed by atoms with Crippen molar-refractivity contribution in [1.82, 2.24) is 9.78 Å². The van der Waals surface area contributed by atoms with Gasteiger partial charge in [-0.25, -0.2) is 0 Å². The molecule has 0 spiro atoms. The van der Waals surface area contributed by atoms with Gasteiger partial charge in [0.2, 0.25) is 0 Å². The second kappa shape index (κ2) is 11.1. The molecule has 2 amide bonds. The summed E-state index contributed by atoms with van der Waals surface area (Å²) in [4.78, 5) is 25.8. The van der Waals surface area contributed by atoms with E-state index in [9.17, 15) is 9.59 Å². The number of halogens is 2. The van der Waals surface area contributed by atoms with Gasteiger partial charge in [-0.3, -0.25) is 14.3 Å². The lowest BCUT2D eigenvalue weighted by atomic mass is 10.1. The minimum absolute atomic E-state index is 0.126. The van der Waals surface area contributed by atoms with E-state index in [2.05, 4.69) is 15.7 Å². The molecule has 0 aliphatic carbocycles. The van der Waals surface area contributed by atoms with E-state index in [1.165, 1.54) is 0 Å². The highest BCUT2D eigenvalue weighted by Crippen LogP contribution is 2.28. The normalized spacial score (nSPS) is 10.6. The highest BCUT2D eigenvalue weighted by molar-refractivity contribution is 6.35. The molecule has 4 rings (SSSR count). The number of benzene rings is 3. The van der Waals surface area contributed by atoms with Gasteiger partial charge in [-0.05, 0) is 55.0 Å². The molecule has 3 aromatic carbocycles. The van der Waals surface area contributed by atoms with Crippen LogP contribution in [0.15, 0.2) is 79.0 Å². The summed E-state index contributed by atoms with van der Waals surface area (Å²) in [5.41, 5.74) is 2.26. The van der Waals surface area contributed by atoms with Crippen LogP contribution in [0.1, 0.15) is 33.3 Å². The molecule has 2 N–H and O–H groups in total. The van der Waals surface area contributed by atoms with E-state index in [0.29, 0.717) is 39.3 Å². The smallest absolute Gasteiger partial charge is 0.278 e. The highest BCUT2D eigenvalue weighted by Gasteiger charge is 2.19. The van der Waals surface area contributed by atoms with Gasteiger partial charge in [0.05, 0.1) is 10.7 Å². The zero-order valence-corrected chi connectivity index (χ0v) is 20.3. The van der Waals surface area contributed by atoms with Crippen molar-refractivity contribution in [3.8, 4) is 5.75 Å². The lowest BCUT2D eigenvalue weighted by Crippen LogP contribution is -2.18. The largest absolute Gasteiger partial charge is 0.487 e. The number of carbonyl (C=O) groups is 2. The number of aryl methyl sites for hydroxylation is 1. The Hall–Kier alpha value is -3.81. The van der Waals surface area contributed by atoms with Crippen LogP contribution in [0.4, 0.5) is 11.4 Å². The second-order valence-electron chi connectivity index (χ2n) is 7.59. The van der Waals surface area contributed by atoms with Gasteiger partial charge in [0.1, 0.15) is 12.4 Å². The van der Waals surface area contributed by atoms with Crippen LogP contribution in [0.3, 0.4) is 0 Å². The maximum atomic E-state index is 13.0. The Labute approximate surface area is 212 Å². The summed E-state index contributed by atoms with van der Waals surface area (Å²) < 4.78 is 7.36. The molecule has 178 valence electrons. The van der Waals surface area contributed by atoms with Gasteiger partial charge in [-0.15, -0.1) is 0 Å². The molecule has 0 saturated heterocycles. The zero-order chi connectivity index (χ0) is 24.8. The fourth-order valence-electron chi connectivity index (χ4n) is 3.30. The average molecular weight is 509 g/mol. The third-order valence-corrected chi connectivity index (χ3v) is 5.59. The molecule has 7 nitrogen and oxygen atoms in total. The van der Waals surface area contributed by atoms with Crippen LogP contribution in [0.5, 0.6) is 5.75 Å². The molecule has 35 heavy (non-hydrogen) atoms. The first-order chi connectivity index (χ1) is 16.9. The van der Waals surface area contributed by atoms with Crippen molar-refractivity contribution in [3.63, 3.8) is 0 Å². The zero-order valence-electron chi connectivity index (χ0n) is 18.8. The minimum Gasteiger partial charge on any atom is -0.487 e. The Bertz CT molecular complexity index is 1360. The fourth-order valence-corrected chi connectivity index (χ4v) is 3.77.